The van der Waals surface area contributed by atoms with Gasteiger partial charge >= 0.3 is 0 Å². The Bertz CT molecular complexity index is 538. The molecule has 0 unspecified atom stereocenters. The van der Waals surface area contributed by atoms with Gasteiger partial charge in [0.2, 0.25) is 0 Å². The number of aldehydes is 1. The Hall–Kier alpha value is -1.68. The summed E-state index contributed by atoms with van der Waals surface area (Å²) in [5, 5.41) is 0. The zero-order chi connectivity index (χ0) is 12.3. The fraction of sp³-hybridized carbons (Fsp3) is 0. The van der Waals surface area contributed by atoms with Crippen molar-refractivity contribution < 1.29 is 13.9 Å². The van der Waals surface area contributed by atoms with E-state index in [1.165, 1.54) is 12.1 Å². The third-order valence-corrected chi connectivity index (χ3v) is 2.70. The van der Waals surface area contributed by atoms with Crippen LogP contribution < -0.4 is 4.74 Å². The maximum absolute atomic E-state index is 13.3. The summed E-state index contributed by atoms with van der Waals surface area (Å²) < 4.78 is 19.7. The normalized spacial score (nSPS) is 10.0. The molecule has 0 aliphatic heterocycles. The number of carbonyl (C=O) groups is 1. The molecule has 0 heterocycles. The molecule has 2 nitrogen and oxygen atoms in total. The molecule has 0 spiro atoms. The smallest absolute Gasteiger partial charge is 0.156 e. The quantitative estimate of drug-likeness (QED) is 0.793. The SMILES string of the molecule is O=Cc1c(F)cccc1Oc1ccc(Br)cc1. The van der Waals surface area contributed by atoms with Crippen LogP contribution in [0.4, 0.5) is 4.39 Å². The van der Waals surface area contributed by atoms with Crippen LogP contribution in [0.15, 0.2) is 46.9 Å². The summed E-state index contributed by atoms with van der Waals surface area (Å²) in [7, 11) is 0. The van der Waals surface area contributed by atoms with Crippen LogP contribution in [0, 0.1) is 5.82 Å². The topological polar surface area (TPSA) is 26.3 Å². The molecule has 4 heteroatoms. The number of rotatable bonds is 3. The van der Waals surface area contributed by atoms with Gasteiger partial charge < -0.3 is 4.74 Å². The van der Waals surface area contributed by atoms with Crippen LogP contribution >= 0.6 is 15.9 Å². The number of ether oxygens (including phenoxy) is 1. The average molecular weight is 295 g/mol. The molecule has 0 saturated carbocycles. The van der Waals surface area contributed by atoms with Crippen molar-refractivity contribution in [2.75, 3.05) is 0 Å². The van der Waals surface area contributed by atoms with Crippen molar-refractivity contribution in [1.82, 2.24) is 0 Å². The third-order valence-electron chi connectivity index (χ3n) is 2.17. The van der Waals surface area contributed by atoms with Crippen molar-refractivity contribution in [2.24, 2.45) is 0 Å². The van der Waals surface area contributed by atoms with E-state index in [-0.39, 0.29) is 11.3 Å². The highest BCUT2D eigenvalue weighted by Crippen LogP contribution is 2.26. The summed E-state index contributed by atoms with van der Waals surface area (Å²) in [4.78, 5) is 10.8. The highest BCUT2D eigenvalue weighted by Gasteiger charge is 2.09. The molecule has 0 aromatic heterocycles. The lowest BCUT2D eigenvalue weighted by Crippen LogP contribution is -1.93. The Morgan fingerprint density at radius 1 is 1.12 bits per heavy atom. The molecule has 2 aromatic carbocycles. The second-order valence-corrected chi connectivity index (χ2v) is 4.24. The first kappa shape index (κ1) is 11.8. The van der Waals surface area contributed by atoms with Crippen molar-refractivity contribution >= 4 is 22.2 Å². The van der Waals surface area contributed by atoms with Crippen LogP contribution in [0.25, 0.3) is 0 Å². The predicted molar refractivity (Wildman–Crippen MR) is 66.0 cm³/mol. The number of hydrogen-bond donors (Lipinski definition) is 0. The van der Waals surface area contributed by atoms with Crippen molar-refractivity contribution in [2.45, 2.75) is 0 Å². The van der Waals surface area contributed by atoms with Crippen LogP contribution in [0.5, 0.6) is 11.5 Å². The lowest BCUT2D eigenvalue weighted by molar-refractivity contribution is 0.111. The minimum absolute atomic E-state index is 0.0737. The van der Waals surface area contributed by atoms with Crippen molar-refractivity contribution in [3.63, 3.8) is 0 Å². The fourth-order valence-electron chi connectivity index (χ4n) is 1.35. The van der Waals surface area contributed by atoms with E-state index in [0.29, 0.717) is 12.0 Å². The lowest BCUT2D eigenvalue weighted by atomic mass is 10.2. The monoisotopic (exact) mass is 294 g/mol. The summed E-state index contributed by atoms with van der Waals surface area (Å²) in [6.45, 7) is 0. The molecule has 0 radical (unpaired) electrons. The molecule has 0 amide bonds. The number of carbonyl (C=O) groups excluding carboxylic acids is 1. The Labute approximate surface area is 106 Å². The van der Waals surface area contributed by atoms with E-state index in [2.05, 4.69) is 15.9 Å². The minimum Gasteiger partial charge on any atom is -0.457 e. The maximum atomic E-state index is 13.3. The molecular formula is C13H8BrFO2. The van der Waals surface area contributed by atoms with Crippen molar-refractivity contribution in [1.29, 1.82) is 0 Å². The van der Waals surface area contributed by atoms with Gasteiger partial charge in [-0.1, -0.05) is 22.0 Å². The Morgan fingerprint density at radius 3 is 2.47 bits per heavy atom. The Morgan fingerprint density at radius 2 is 1.82 bits per heavy atom. The van der Waals surface area contributed by atoms with Crippen LogP contribution in [-0.2, 0) is 0 Å². The summed E-state index contributed by atoms with van der Waals surface area (Å²) in [5.41, 5.74) is -0.0737. The van der Waals surface area contributed by atoms with Crippen LogP contribution in [-0.4, -0.2) is 6.29 Å². The summed E-state index contributed by atoms with van der Waals surface area (Å²) >= 11 is 3.30. The predicted octanol–water partition coefficient (Wildman–Crippen LogP) is 4.19. The lowest BCUT2D eigenvalue weighted by Gasteiger charge is -2.08. The third kappa shape index (κ3) is 2.71. The highest BCUT2D eigenvalue weighted by molar-refractivity contribution is 9.10. The molecule has 2 rings (SSSR count). The second kappa shape index (κ2) is 5.10. The zero-order valence-corrected chi connectivity index (χ0v) is 10.3. The first-order valence-electron chi connectivity index (χ1n) is 4.88. The molecular weight excluding hydrogens is 287 g/mol. The summed E-state index contributed by atoms with van der Waals surface area (Å²) in [6.07, 6.45) is 0.448. The molecule has 86 valence electrons. The maximum Gasteiger partial charge on any atom is 0.156 e. The zero-order valence-electron chi connectivity index (χ0n) is 8.69. The largest absolute Gasteiger partial charge is 0.457 e. The van der Waals surface area contributed by atoms with E-state index in [9.17, 15) is 9.18 Å². The van der Waals surface area contributed by atoms with Crippen LogP contribution in [0.3, 0.4) is 0 Å². The molecule has 0 saturated heterocycles. The van der Waals surface area contributed by atoms with Gasteiger partial charge in [0.25, 0.3) is 0 Å². The Kier molecular flexibility index (Phi) is 3.54. The van der Waals surface area contributed by atoms with Gasteiger partial charge in [0, 0.05) is 4.47 Å². The molecule has 0 atom stereocenters. The van der Waals surface area contributed by atoms with Gasteiger partial charge in [0.15, 0.2) is 6.29 Å². The van der Waals surface area contributed by atoms with Crippen LogP contribution in [0.2, 0.25) is 0 Å². The molecule has 0 aliphatic rings. The molecule has 0 N–H and O–H groups in total. The summed E-state index contributed by atoms with van der Waals surface area (Å²) in [6, 6.07) is 11.3. The number of hydrogen-bond acceptors (Lipinski definition) is 2. The van der Waals surface area contributed by atoms with Crippen LogP contribution in [0.1, 0.15) is 10.4 Å². The minimum atomic E-state index is -0.588. The molecule has 0 aliphatic carbocycles. The standard InChI is InChI=1S/C13H8BrFO2/c14-9-4-6-10(7-5-9)17-13-3-1-2-12(15)11(13)8-16/h1-8H. The van der Waals surface area contributed by atoms with E-state index in [1.54, 1.807) is 30.3 Å². The van der Waals surface area contributed by atoms with Gasteiger partial charge in [-0.3, -0.25) is 4.79 Å². The van der Waals surface area contributed by atoms with Crippen molar-refractivity contribution in [3.05, 3.63) is 58.3 Å². The molecule has 0 bridgehead atoms. The van der Waals surface area contributed by atoms with Gasteiger partial charge in [0.1, 0.15) is 17.3 Å². The van der Waals surface area contributed by atoms with E-state index >= 15 is 0 Å². The first-order valence-corrected chi connectivity index (χ1v) is 5.67. The van der Waals surface area contributed by atoms with Crippen molar-refractivity contribution in [3.8, 4) is 11.5 Å². The first-order chi connectivity index (χ1) is 8.20. The summed E-state index contributed by atoms with van der Waals surface area (Å²) in [5.74, 6) is 0.166. The van der Waals surface area contributed by atoms with Gasteiger partial charge in [-0.05, 0) is 36.4 Å². The fourth-order valence-corrected chi connectivity index (χ4v) is 1.61. The van der Waals surface area contributed by atoms with E-state index in [0.717, 1.165) is 4.47 Å². The highest BCUT2D eigenvalue weighted by atomic mass is 79.9. The van der Waals surface area contributed by atoms with Gasteiger partial charge in [-0.15, -0.1) is 0 Å². The molecule has 17 heavy (non-hydrogen) atoms. The Balaban J connectivity index is 2.33. The molecule has 2 aromatic rings. The van der Waals surface area contributed by atoms with Gasteiger partial charge in [0.05, 0.1) is 5.56 Å². The molecule has 0 fully saturated rings. The number of benzene rings is 2. The van der Waals surface area contributed by atoms with E-state index in [1.807, 2.05) is 0 Å². The van der Waals surface area contributed by atoms with E-state index < -0.39 is 5.82 Å². The number of halogens is 2. The van der Waals surface area contributed by atoms with Gasteiger partial charge in [-0.2, -0.15) is 0 Å². The van der Waals surface area contributed by atoms with Gasteiger partial charge in [-0.25, -0.2) is 4.39 Å². The second-order valence-electron chi connectivity index (χ2n) is 3.33. The van der Waals surface area contributed by atoms with E-state index in [4.69, 9.17) is 4.74 Å². The average Bonchev–Trinajstić information content (AvgIpc) is 2.32.